The summed E-state index contributed by atoms with van der Waals surface area (Å²) in [5, 5.41) is 0. The highest BCUT2D eigenvalue weighted by atomic mass is 16.3. The van der Waals surface area contributed by atoms with Crippen LogP contribution in [0.15, 0.2) is 45.8 Å². The van der Waals surface area contributed by atoms with Crippen LogP contribution in [0.25, 0.3) is 0 Å². The third-order valence-electron chi connectivity index (χ3n) is 5.98. The van der Waals surface area contributed by atoms with E-state index in [4.69, 9.17) is 8.83 Å². The van der Waals surface area contributed by atoms with E-state index in [0.717, 1.165) is 18.8 Å². The lowest BCUT2D eigenvalue weighted by Crippen LogP contribution is -2.57. The van der Waals surface area contributed by atoms with Crippen LogP contribution in [0, 0.1) is 5.41 Å². The molecule has 0 unspecified atom stereocenters. The van der Waals surface area contributed by atoms with E-state index in [1.807, 2.05) is 12.3 Å². The van der Waals surface area contributed by atoms with Crippen LogP contribution >= 0.6 is 0 Å². The van der Waals surface area contributed by atoms with Crippen molar-refractivity contribution >= 4 is 0 Å². The summed E-state index contributed by atoms with van der Waals surface area (Å²) in [7, 11) is 2.26. The quantitative estimate of drug-likeness (QED) is 0.841. The van der Waals surface area contributed by atoms with E-state index in [9.17, 15) is 0 Å². The molecule has 2 aliphatic rings. The third kappa shape index (κ3) is 2.98. The number of hydrogen-bond acceptors (Lipinski definition) is 4. The molecule has 1 aliphatic carbocycles. The summed E-state index contributed by atoms with van der Waals surface area (Å²) >= 11 is 0. The van der Waals surface area contributed by atoms with Crippen molar-refractivity contribution in [2.24, 2.45) is 5.41 Å². The van der Waals surface area contributed by atoms with Gasteiger partial charge in [-0.2, -0.15) is 0 Å². The lowest BCUT2D eigenvalue weighted by molar-refractivity contribution is -0.0648. The second-order valence-electron chi connectivity index (χ2n) is 7.32. The van der Waals surface area contributed by atoms with Gasteiger partial charge in [-0.3, -0.25) is 9.80 Å². The Hall–Kier alpha value is -1.52. The average Bonchev–Trinajstić information content (AvgIpc) is 3.21. The highest BCUT2D eigenvalue weighted by Crippen LogP contribution is 2.51. The van der Waals surface area contributed by atoms with Crippen LogP contribution in [0.1, 0.15) is 37.0 Å². The smallest absolute Gasteiger partial charge is 0.117 e. The molecule has 2 aromatic rings. The average molecular weight is 314 g/mol. The molecule has 2 aromatic heterocycles. The molecule has 1 saturated heterocycles. The van der Waals surface area contributed by atoms with Crippen LogP contribution in [0.3, 0.4) is 0 Å². The molecule has 0 bridgehead atoms. The molecular formula is C19H26N2O2. The molecule has 124 valence electrons. The van der Waals surface area contributed by atoms with Crippen molar-refractivity contribution < 1.29 is 8.83 Å². The molecule has 0 N–H and O–H groups in total. The number of rotatable bonds is 5. The Bertz CT molecular complexity index is 597. The summed E-state index contributed by atoms with van der Waals surface area (Å²) in [4.78, 5) is 5.08. The lowest BCUT2D eigenvalue weighted by atomic mass is 9.58. The monoisotopic (exact) mass is 314 g/mol. The van der Waals surface area contributed by atoms with Crippen molar-refractivity contribution in [2.75, 3.05) is 20.1 Å². The maximum absolute atomic E-state index is 5.52. The topological polar surface area (TPSA) is 32.8 Å². The molecule has 0 amide bonds. The predicted molar refractivity (Wildman–Crippen MR) is 88.8 cm³/mol. The number of furan rings is 2. The van der Waals surface area contributed by atoms with E-state index in [1.54, 1.807) is 12.5 Å². The van der Waals surface area contributed by atoms with Crippen LogP contribution in [-0.4, -0.2) is 36.0 Å². The SMILES string of the molecule is CN(Cc1ccco1)[C@H]1CCC12CCN(Cc1ccoc1)CC2. The highest BCUT2D eigenvalue weighted by Gasteiger charge is 2.49. The van der Waals surface area contributed by atoms with Crippen LogP contribution in [-0.2, 0) is 13.1 Å². The second-order valence-corrected chi connectivity index (χ2v) is 7.32. The Morgan fingerprint density at radius 2 is 2.09 bits per heavy atom. The van der Waals surface area contributed by atoms with Crippen LogP contribution in [0.2, 0.25) is 0 Å². The van der Waals surface area contributed by atoms with E-state index >= 15 is 0 Å². The van der Waals surface area contributed by atoms with Crippen molar-refractivity contribution in [3.8, 4) is 0 Å². The van der Waals surface area contributed by atoms with Gasteiger partial charge in [0.15, 0.2) is 0 Å². The van der Waals surface area contributed by atoms with Gasteiger partial charge in [0.25, 0.3) is 0 Å². The molecule has 1 spiro atoms. The molecule has 0 aromatic carbocycles. The van der Waals surface area contributed by atoms with E-state index in [-0.39, 0.29) is 0 Å². The van der Waals surface area contributed by atoms with Crippen molar-refractivity contribution in [1.82, 2.24) is 9.80 Å². The van der Waals surface area contributed by atoms with Gasteiger partial charge >= 0.3 is 0 Å². The fraction of sp³-hybridized carbons (Fsp3) is 0.579. The minimum atomic E-state index is 0.536. The van der Waals surface area contributed by atoms with Gasteiger partial charge in [-0.15, -0.1) is 0 Å². The summed E-state index contributed by atoms with van der Waals surface area (Å²) in [5.41, 5.74) is 1.83. The molecule has 1 atom stereocenters. The lowest BCUT2D eigenvalue weighted by Gasteiger charge is -2.57. The van der Waals surface area contributed by atoms with Crippen molar-refractivity contribution in [3.05, 3.63) is 48.3 Å². The molecular weight excluding hydrogens is 288 g/mol. The normalized spacial score (nSPS) is 24.2. The molecule has 23 heavy (non-hydrogen) atoms. The van der Waals surface area contributed by atoms with Gasteiger partial charge in [0.2, 0.25) is 0 Å². The number of piperidine rings is 1. The Labute approximate surface area is 138 Å². The third-order valence-corrected chi connectivity index (χ3v) is 5.98. The highest BCUT2D eigenvalue weighted by molar-refractivity contribution is 5.08. The standard InChI is InChI=1S/C19H26N2O2/c1-20(14-17-3-2-11-23-17)18-4-6-19(18)7-9-21(10-8-19)13-16-5-12-22-15-16/h2-3,5,11-12,15,18H,4,6-10,13-14H2,1H3/t18-/m0/s1. The number of likely N-dealkylation sites (tertiary alicyclic amines) is 1. The van der Waals surface area contributed by atoms with Gasteiger partial charge < -0.3 is 8.83 Å². The molecule has 4 heteroatoms. The molecule has 2 fully saturated rings. The maximum Gasteiger partial charge on any atom is 0.117 e. The minimum absolute atomic E-state index is 0.536. The van der Waals surface area contributed by atoms with Gasteiger partial charge in [0, 0.05) is 18.2 Å². The Morgan fingerprint density at radius 1 is 1.22 bits per heavy atom. The van der Waals surface area contributed by atoms with Gasteiger partial charge in [0.05, 0.1) is 25.3 Å². The molecule has 4 rings (SSSR count). The van der Waals surface area contributed by atoms with E-state index < -0.39 is 0 Å². The van der Waals surface area contributed by atoms with Gasteiger partial charge in [-0.1, -0.05) is 0 Å². The maximum atomic E-state index is 5.52. The molecule has 4 nitrogen and oxygen atoms in total. The first-order chi connectivity index (χ1) is 11.3. The number of nitrogens with zero attached hydrogens (tertiary/aromatic N) is 2. The van der Waals surface area contributed by atoms with Crippen molar-refractivity contribution in [1.29, 1.82) is 0 Å². The van der Waals surface area contributed by atoms with E-state index in [2.05, 4.69) is 29.0 Å². The first-order valence-electron chi connectivity index (χ1n) is 8.71. The first-order valence-corrected chi connectivity index (χ1v) is 8.71. The fourth-order valence-electron chi connectivity index (χ4n) is 4.51. The fourth-order valence-corrected chi connectivity index (χ4v) is 4.51. The summed E-state index contributed by atoms with van der Waals surface area (Å²) < 4.78 is 10.7. The minimum Gasteiger partial charge on any atom is -0.472 e. The van der Waals surface area contributed by atoms with Crippen molar-refractivity contribution in [3.63, 3.8) is 0 Å². The summed E-state index contributed by atoms with van der Waals surface area (Å²) in [6, 6.07) is 6.85. The van der Waals surface area contributed by atoms with E-state index in [1.165, 1.54) is 44.3 Å². The molecule has 3 heterocycles. The van der Waals surface area contributed by atoms with Crippen molar-refractivity contribution in [2.45, 2.75) is 44.8 Å². The molecule has 1 aliphatic heterocycles. The molecule has 1 saturated carbocycles. The van der Waals surface area contributed by atoms with Crippen LogP contribution < -0.4 is 0 Å². The molecule has 0 radical (unpaired) electrons. The zero-order valence-corrected chi connectivity index (χ0v) is 13.9. The largest absolute Gasteiger partial charge is 0.472 e. The van der Waals surface area contributed by atoms with Gasteiger partial charge in [-0.25, -0.2) is 0 Å². The Balaban J connectivity index is 1.33. The summed E-state index contributed by atoms with van der Waals surface area (Å²) in [6.45, 7) is 4.37. The number of hydrogen-bond donors (Lipinski definition) is 0. The van der Waals surface area contributed by atoms with Crippen LogP contribution in [0.4, 0.5) is 0 Å². The zero-order chi connectivity index (χ0) is 15.7. The first kappa shape index (κ1) is 15.0. The van der Waals surface area contributed by atoms with Crippen LogP contribution in [0.5, 0.6) is 0 Å². The Morgan fingerprint density at radius 3 is 2.70 bits per heavy atom. The second kappa shape index (κ2) is 6.17. The van der Waals surface area contributed by atoms with Gasteiger partial charge in [0.1, 0.15) is 5.76 Å². The Kier molecular flexibility index (Phi) is 4.04. The zero-order valence-electron chi connectivity index (χ0n) is 13.9. The predicted octanol–water partition coefficient (Wildman–Crippen LogP) is 3.75. The summed E-state index contributed by atoms with van der Waals surface area (Å²) in [6.07, 6.45) is 10.8. The van der Waals surface area contributed by atoms with Gasteiger partial charge in [-0.05, 0) is 69.4 Å². The van der Waals surface area contributed by atoms with E-state index in [0.29, 0.717) is 11.5 Å². The summed E-state index contributed by atoms with van der Waals surface area (Å²) in [5.74, 6) is 1.08.